The summed E-state index contributed by atoms with van der Waals surface area (Å²) in [6.45, 7) is 3.70. The number of nitrogen functional groups attached to an aromatic ring is 1. The molecule has 0 fully saturated rings. The molecular weight excluding hydrogens is 449 g/mol. The summed E-state index contributed by atoms with van der Waals surface area (Å²) in [6, 6.07) is 14.5. The van der Waals surface area contributed by atoms with Crippen LogP contribution in [0.4, 0.5) is 16.0 Å². The molecule has 0 radical (unpaired) electrons. The molecule has 1 atom stereocenters. The van der Waals surface area contributed by atoms with Gasteiger partial charge in [-0.3, -0.25) is 9.36 Å². The zero-order valence-electron chi connectivity index (χ0n) is 19.0. The van der Waals surface area contributed by atoms with Crippen molar-refractivity contribution in [3.8, 4) is 22.6 Å². The molecule has 9 nitrogen and oxygen atoms in total. The van der Waals surface area contributed by atoms with Crippen molar-refractivity contribution in [1.82, 2.24) is 24.1 Å². The van der Waals surface area contributed by atoms with Crippen molar-refractivity contribution >= 4 is 17.2 Å². The number of fused-ring (bicyclic) bond motifs is 1. The van der Waals surface area contributed by atoms with E-state index in [1.807, 2.05) is 50.2 Å². The number of nitrogens with zero attached hydrogens (tertiary/aromatic N) is 5. The molecule has 5 aromatic rings. The Morgan fingerprint density at radius 1 is 1.11 bits per heavy atom. The highest BCUT2D eigenvalue weighted by molar-refractivity contribution is 5.83. The van der Waals surface area contributed by atoms with Crippen molar-refractivity contribution in [3.63, 3.8) is 0 Å². The van der Waals surface area contributed by atoms with E-state index in [1.165, 1.54) is 18.5 Å². The lowest BCUT2D eigenvalue weighted by Crippen LogP contribution is -2.29. The molecule has 0 aliphatic carbocycles. The van der Waals surface area contributed by atoms with Crippen molar-refractivity contribution in [2.45, 2.75) is 19.9 Å². The van der Waals surface area contributed by atoms with Crippen LogP contribution < -0.4 is 16.6 Å². The van der Waals surface area contributed by atoms with E-state index in [0.717, 1.165) is 11.6 Å². The number of aromatic hydroxyl groups is 1. The van der Waals surface area contributed by atoms with E-state index in [-0.39, 0.29) is 11.4 Å². The van der Waals surface area contributed by atoms with Gasteiger partial charge < -0.3 is 16.2 Å². The molecule has 0 spiro atoms. The van der Waals surface area contributed by atoms with E-state index < -0.39 is 17.6 Å². The molecule has 0 saturated heterocycles. The minimum absolute atomic E-state index is 0.129. The van der Waals surface area contributed by atoms with E-state index in [4.69, 9.17) is 10.8 Å². The molecule has 3 heterocycles. The number of halogens is 1. The second kappa shape index (κ2) is 8.56. The number of aryl methyl sites for hydroxylation is 1. The molecule has 0 aliphatic rings. The standard InChI is InChI=1S/C25H22FN7O2/c1-14-10-11-32-21(14)25(35)33(17-6-4-3-5-7-17)24(31-32)15(2)30-23-20(22(27)28-13-29-23)16-8-9-19(34)18(26)12-16/h3-13,15,34H,1-2H3,(H3,27,28,29,30)/t15-/m0/s1. The summed E-state index contributed by atoms with van der Waals surface area (Å²) in [7, 11) is 0. The second-order valence-electron chi connectivity index (χ2n) is 8.14. The lowest BCUT2D eigenvalue weighted by molar-refractivity contribution is 0.432. The van der Waals surface area contributed by atoms with Crippen LogP contribution in [0.2, 0.25) is 0 Å². The van der Waals surface area contributed by atoms with Crippen molar-refractivity contribution < 1.29 is 9.50 Å². The van der Waals surface area contributed by atoms with Gasteiger partial charge in [-0.2, -0.15) is 5.10 Å². The second-order valence-corrected chi connectivity index (χ2v) is 8.14. The Balaban J connectivity index is 1.65. The van der Waals surface area contributed by atoms with E-state index in [2.05, 4.69) is 15.3 Å². The average molecular weight is 471 g/mol. The molecule has 0 unspecified atom stereocenters. The minimum atomic E-state index is -0.794. The van der Waals surface area contributed by atoms with Gasteiger partial charge in [0.2, 0.25) is 0 Å². The number of rotatable bonds is 5. The van der Waals surface area contributed by atoms with E-state index in [0.29, 0.717) is 34.0 Å². The highest BCUT2D eigenvalue weighted by Gasteiger charge is 2.22. The van der Waals surface area contributed by atoms with Crippen molar-refractivity contribution in [2.75, 3.05) is 11.1 Å². The Hall–Kier alpha value is -4.73. The van der Waals surface area contributed by atoms with Crippen LogP contribution in [0.1, 0.15) is 24.4 Å². The molecular formula is C25H22FN7O2. The number of benzene rings is 2. The quantitative estimate of drug-likeness (QED) is 0.356. The first-order valence-corrected chi connectivity index (χ1v) is 10.9. The third kappa shape index (κ3) is 3.84. The fourth-order valence-electron chi connectivity index (χ4n) is 4.06. The Bertz CT molecular complexity index is 1610. The number of nitrogens with one attached hydrogen (secondary N) is 1. The Kier molecular flexibility index (Phi) is 5.40. The monoisotopic (exact) mass is 471 g/mol. The highest BCUT2D eigenvalue weighted by atomic mass is 19.1. The van der Waals surface area contributed by atoms with E-state index in [9.17, 15) is 14.3 Å². The van der Waals surface area contributed by atoms with Crippen LogP contribution in [0.5, 0.6) is 5.75 Å². The topological polar surface area (TPSA) is 123 Å². The summed E-state index contributed by atoms with van der Waals surface area (Å²) in [6.07, 6.45) is 3.03. The van der Waals surface area contributed by atoms with Crippen molar-refractivity contribution in [2.24, 2.45) is 0 Å². The van der Waals surface area contributed by atoms with Crippen LogP contribution in [0.15, 0.2) is 71.9 Å². The zero-order chi connectivity index (χ0) is 24.7. The summed E-state index contributed by atoms with van der Waals surface area (Å²) in [5, 5.41) is 17.6. The molecule has 10 heteroatoms. The zero-order valence-corrected chi connectivity index (χ0v) is 19.0. The van der Waals surface area contributed by atoms with Crippen molar-refractivity contribution in [3.05, 3.63) is 94.7 Å². The van der Waals surface area contributed by atoms with Crippen LogP contribution in [-0.4, -0.2) is 29.3 Å². The number of hydrogen-bond donors (Lipinski definition) is 3. The van der Waals surface area contributed by atoms with Gasteiger partial charge in [-0.25, -0.2) is 18.9 Å². The van der Waals surface area contributed by atoms with Gasteiger partial charge in [0.1, 0.15) is 23.5 Å². The number of nitrogens with two attached hydrogens (primary N) is 1. The minimum Gasteiger partial charge on any atom is -0.505 e. The fourth-order valence-corrected chi connectivity index (χ4v) is 4.06. The van der Waals surface area contributed by atoms with Gasteiger partial charge in [0.05, 0.1) is 17.3 Å². The number of aromatic nitrogens is 5. The van der Waals surface area contributed by atoms with E-state index in [1.54, 1.807) is 15.3 Å². The molecule has 176 valence electrons. The van der Waals surface area contributed by atoms with Gasteiger partial charge in [-0.1, -0.05) is 24.3 Å². The summed E-state index contributed by atoms with van der Waals surface area (Å²) in [4.78, 5) is 21.9. The number of phenolic OH excluding ortho intramolecular Hbond substituents is 1. The maximum Gasteiger partial charge on any atom is 0.282 e. The number of hydrogen-bond acceptors (Lipinski definition) is 7. The van der Waals surface area contributed by atoms with Gasteiger partial charge >= 0.3 is 0 Å². The van der Waals surface area contributed by atoms with Crippen molar-refractivity contribution in [1.29, 1.82) is 0 Å². The highest BCUT2D eigenvalue weighted by Crippen LogP contribution is 2.34. The predicted molar refractivity (Wildman–Crippen MR) is 131 cm³/mol. The number of para-hydroxylation sites is 1. The lowest BCUT2D eigenvalue weighted by atomic mass is 10.1. The first-order chi connectivity index (χ1) is 16.8. The van der Waals surface area contributed by atoms with Crippen LogP contribution in [0.3, 0.4) is 0 Å². The predicted octanol–water partition coefficient (Wildman–Crippen LogP) is 3.85. The lowest BCUT2D eigenvalue weighted by Gasteiger charge is -2.21. The molecule has 4 N–H and O–H groups in total. The molecule has 5 rings (SSSR count). The third-order valence-corrected chi connectivity index (χ3v) is 5.78. The molecule has 0 bridgehead atoms. The molecule has 3 aromatic heterocycles. The first-order valence-electron chi connectivity index (χ1n) is 10.9. The first kappa shape index (κ1) is 22.1. The summed E-state index contributed by atoms with van der Waals surface area (Å²) in [5.41, 5.74) is 8.64. The SMILES string of the molecule is Cc1ccn2nc([C@H](C)Nc3ncnc(N)c3-c3ccc(O)c(F)c3)n(-c3ccccc3)c(=O)c12. The number of phenols is 1. The van der Waals surface area contributed by atoms with E-state index >= 15 is 0 Å². The van der Waals surface area contributed by atoms with Gasteiger partial charge in [0, 0.05) is 6.20 Å². The molecule has 35 heavy (non-hydrogen) atoms. The Labute approximate surface area is 199 Å². The molecule has 0 saturated carbocycles. The molecule has 0 amide bonds. The smallest absolute Gasteiger partial charge is 0.282 e. The van der Waals surface area contributed by atoms with Gasteiger partial charge in [0.25, 0.3) is 5.56 Å². The van der Waals surface area contributed by atoms with Crippen LogP contribution >= 0.6 is 0 Å². The fraction of sp³-hybridized carbons (Fsp3) is 0.120. The average Bonchev–Trinajstić information content (AvgIpc) is 3.22. The normalized spacial score (nSPS) is 12.1. The Morgan fingerprint density at radius 3 is 2.63 bits per heavy atom. The third-order valence-electron chi connectivity index (χ3n) is 5.78. The molecule has 2 aromatic carbocycles. The maximum absolute atomic E-state index is 14.1. The van der Waals surface area contributed by atoms with Gasteiger partial charge in [-0.05, 0) is 55.3 Å². The summed E-state index contributed by atoms with van der Waals surface area (Å²) < 4.78 is 17.2. The van der Waals surface area contributed by atoms with Crippen LogP contribution in [0.25, 0.3) is 22.3 Å². The number of anilines is 2. The van der Waals surface area contributed by atoms with Gasteiger partial charge in [0.15, 0.2) is 17.4 Å². The Morgan fingerprint density at radius 2 is 1.89 bits per heavy atom. The summed E-state index contributed by atoms with van der Waals surface area (Å²) in [5.74, 6) is -0.377. The molecule has 0 aliphatic heterocycles. The largest absolute Gasteiger partial charge is 0.505 e. The van der Waals surface area contributed by atoms with Crippen LogP contribution in [0, 0.1) is 12.7 Å². The maximum atomic E-state index is 14.1. The van der Waals surface area contributed by atoms with Crippen LogP contribution in [-0.2, 0) is 0 Å². The summed E-state index contributed by atoms with van der Waals surface area (Å²) >= 11 is 0. The van der Waals surface area contributed by atoms with Gasteiger partial charge in [-0.15, -0.1) is 0 Å².